The normalized spacial score (nSPS) is 16.1. The highest BCUT2D eigenvalue weighted by atomic mass is 16.4. The molecule has 0 aromatic rings. The Morgan fingerprint density at radius 2 is 1.15 bits per heavy atom. The molecular weight excluding hydrogens is 512 g/mol. The number of nitrogens with zero attached hydrogens (tertiary/aromatic N) is 4. The molecule has 0 radical (unpaired) electrons. The van der Waals surface area contributed by atoms with Crippen LogP contribution in [0.5, 0.6) is 0 Å². The van der Waals surface area contributed by atoms with Crippen molar-refractivity contribution in [1.82, 2.24) is 19.6 Å². The summed E-state index contributed by atoms with van der Waals surface area (Å²) in [6.07, 6.45) is 4.93. The van der Waals surface area contributed by atoms with Gasteiger partial charge in [0.2, 0.25) is 5.91 Å². The van der Waals surface area contributed by atoms with Crippen molar-refractivity contribution < 1.29 is 44.4 Å². The summed E-state index contributed by atoms with van der Waals surface area (Å²) in [7, 11) is 0. The first-order chi connectivity index (χ1) is 18.4. The van der Waals surface area contributed by atoms with Gasteiger partial charge in [-0.3, -0.25) is 19.5 Å². The van der Waals surface area contributed by atoms with Gasteiger partial charge in [0, 0.05) is 77.4 Å². The van der Waals surface area contributed by atoms with Crippen molar-refractivity contribution in [3.63, 3.8) is 0 Å². The van der Waals surface area contributed by atoms with Crippen LogP contribution in [0.2, 0.25) is 0 Å². The zero-order valence-corrected chi connectivity index (χ0v) is 23.2. The third kappa shape index (κ3) is 13.2. The van der Waals surface area contributed by atoms with Gasteiger partial charge in [0.25, 0.3) is 0 Å². The van der Waals surface area contributed by atoms with E-state index in [4.69, 9.17) is 0 Å². The Balaban J connectivity index is 3.21. The molecule has 1 aliphatic heterocycles. The van der Waals surface area contributed by atoms with Gasteiger partial charge in [0.05, 0.1) is 23.9 Å². The van der Waals surface area contributed by atoms with Gasteiger partial charge in [-0.15, -0.1) is 0 Å². The van der Waals surface area contributed by atoms with E-state index in [1.807, 2.05) is 18.7 Å². The first-order valence-corrected chi connectivity index (χ1v) is 13.7. The van der Waals surface area contributed by atoms with E-state index in [0.29, 0.717) is 25.9 Å². The van der Waals surface area contributed by atoms with Crippen LogP contribution in [0.15, 0.2) is 0 Å². The van der Waals surface area contributed by atoms with Crippen LogP contribution in [0.3, 0.4) is 0 Å². The number of carbonyl (C=O) groups excluding carboxylic acids is 5. The Hall–Kier alpha value is -2.77. The SMILES string of the molecule is CCCCN(CCCC)C(=O)CCCCC1(N(CC(=O)[O-])CC(=O)[O-])CN(CC(=O)[O-])CCN(CC(=O)[O-])C1. The number of rotatable bonds is 20. The first-order valence-electron chi connectivity index (χ1n) is 13.7. The van der Waals surface area contributed by atoms with Crippen molar-refractivity contribution in [2.45, 2.75) is 70.8 Å². The summed E-state index contributed by atoms with van der Waals surface area (Å²) in [5, 5.41) is 46.0. The molecule has 0 aliphatic carbocycles. The Morgan fingerprint density at radius 3 is 1.54 bits per heavy atom. The number of carbonyl (C=O) groups is 5. The molecule has 0 bridgehead atoms. The molecule has 1 fully saturated rings. The lowest BCUT2D eigenvalue weighted by Crippen LogP contribution is -2.64. The van der Waals surface area contributed by atoms with Crippen LogP contribution in [0.4, 0.5) is 0 Å². The molecule has 1 amide bonds. The summed E-state index contributed by atoms with van der Waals surface area (Å²) in [5.74, 6) is -5.85. The molecule has 0 aromatic heterocycles. The second-order valence-corrected chi connectivity index (χ2v) is 10.3. The van der Waals surface area contributed by atoms with E-state index >= 15 is 0 Å². The first kappa shape index (κ1) is 34.3. The zero-order chi connectivity index (χ0) is 29.4. The van der Waals surface area contributed by atoms with E-state index in [2.05, 4.69) is 0 Å². The quantitative estimate of drug-likeness (QED) is 0.132. The highest BCUT2D eigenvalue weighted by molar-refractivity contribution is 5.76. The number of carboxylic acids is 4. The fraction of sp³-hybridized carbons (Fsp3) is 0.808. The molecule has 0 unspecified atom stereocenters. The molecule has 0 saturated carbocycles. The summed E-state index contributed by atoms with van der Waals surface area (Å²) < 4.78 is 0. The van der Waals surface area contributed by atoms with Crippen LogP contribution < -0.4 is 20.4 Å². The molecule has 1 aliphatic rings. The van der Waals surface area contributed by atoms with E-state index in [1.54, 1.807) is 0 Å². The zero-order valence-electron chi connectivity index (χ0n) is 23.2. The molecule has 1 rings (SSSR count). The van der Waals surface area contributed by atoms with E-state index < -0.39 is 55.6 Å². The van der Waals surface area contributed by atoms with Crippen LogP contribution in [0, 0.1) is 0 Å². The van der Waals surface area contributed by atoms with E-state index in [0.717, 1.165) is 30.6 Å². The van der Waals surface area contributed by atoms with Crippen LogP contribution in [-0.4, -0.2) is 120 Å². The lowest BCUT2D eigenvalue weighted by atomic mass is 9.88. The smallest absolute Gasteiger partial charge is 0.222 e. The number of aliphatic carboxylic acids is 4. The van der Waals surface area contributed by atoms with Gasteiger partial charge in [-0.05, 0) is 25.7 Å². The van der Waals surface area contributed by atoms with Gasteiger partial charge < -0.3 is 44.5 Å². The molecule has 1 saturated heterocycles. The highest BCUT2D eigenvalue weighted by Gasteiger charge is 2.41. The van der Waals surface area contributed by atoms with Gasteiger partial charge in [-0.1, -0.05) is 33.1 Å². The third-order valence-electron chi connectivity index (χ3n) is 6.98. The Labute approximate surface area is 230 Å². The maximum absolute atomic E-state index is 12.9. The second kappa shape index (κ2) is 17.7. The number of unbranched alkanes of at least 4 members (excludes halogenated alkanes) is 3. The van der Waals surface area contributed by atoms with Gasteiger partial charge in [-0.2, -0.15) is 0 Å². The number of amides is 1. The average molecular weight is 555 g/mol. The fourth-order valence-electron chi connectivity index (χ4n) is 5.13. The predicted octanol–water partition coefficient (Wildman–Crippen LogP) is -4.37. The standard InChI is InChI=1S/C26H46N4O9/c1-3-5-11-29(12-6-4-2)21(31)9-7-8-10-26(30(17-24(36)37)18-25(38)39)19-27(15-22(32)33)13-14-28(20-26)16-23(34)35/h3-20H2,1-2H3,(H,32,33)(H,34,35)(H,36,37)(H,38,39)/p-4. The van der Waals surface area contributed by atoms with Crippen LogP contribution in [0.1, 0.15) is 65.2 Å². The molecular formula is C26H42N4O9-4. The second-order valence-electron chi connectivity index (χ2n) is 10.3. The van der Waals surface area contributed by atoms with Crippen molar-refractivity contribution in [2.75, 3.05) is 65.4 Å². The van der Waals surface area contributed by atoms with Crippen LogP contribution in [0.25, 0.3) is 0 Å². The molecule has 1 heterocycles. The average Bonchev–Trinajstić information content (AvgIpc) is 2.99. The molecule has 0 aromatic carbocycles. The van der Waals surface area contributed by atoms with Crippen molar-refractivity contribution in [2.24, 2.45) is 0 Å². The summed E-state index contributed by atoms with van der Waals surface area (Å²) >= 11 is 0. The van der Waals surface area contributed by atoms with E-state index in [1.165, 1.54) is 9.80 Å². The van der Waals surface area contributed by atoms with Crippen molar-refractivity contribution in [1.29, 1.82) is 0 Å². The third-order valence-corrected chi connectivity index (χ3v) is 6.98. The number of hydrogen-bond donors (Lipinski definition) is 0. The summed E-state index contributed by atoms with van der Waals surface area (Å²) in [4.78, 5) is 64.8. The summed E-state index contributed by atoms with van der Waals surface area (Å²) in [6.45, 7) is 3.00. The Kier molecular flexibility index (Phi) is 15.6. The lowest BCUT2D eigenvalue weighted by Gasteiger charge is -2.47. The van der Waals surface area contributed by atoms with E-state index in [9.17, 15) is 44.4 Å². The summed E-state index contributed by atoms with van der Waals surface area (Å²) in [6, 6.07) is 0. The van der Waals surface area contributed by atoms with Gasteiger partial charge in [0.15, 0.2) is 0 Å². The lowest BCUT2D eigenvalue weighted by molar-refractivity contribution is -0.314. The van der Waals surface area contributed by atoms with E-state index in [-0.39, 0.29) is 44.9 Å². The Bertz CT molecular complexity index is 773. The molecule has 13 heteroatoms. The summed E-state index contributed by atoms with van der Waals surface area (Å²) in [5.41, 5.74) is -1.28. The maximum atomic E-state index is 12.9. The minimum atomic E-state index is -1.55. The molecule has 39 heavy (non-hydrogen) atoms. The topological polar surface area (TPSA) is 191 Å². The predicted molar refractivity (Wildman–Crippen MR) is 132 cm³/mol. The van der Waals surface area contributed by atoms with Crippen LogP contribution in [-0.2, 0) is 24.0 Å². The minimum absolute atomic E-state index is 0.00491. The van der Waals surface area contributed by atoms with Crippen molar-refractivity contribution in [3.8, 4) is 0 Å². The Morgan fingerprint density at radius 1 is 0.692 bits per heavy atom. The molecule has 0 spiro atoms. The number of carboxylic acid groups (broad SMARTS) is 4. The number of hydrogen-bond acceptors (Lipinski definition) is 12. The van der Waals surface area contributed by atoms with Gasteiger partial charge in [-0.25, -0.2) is 0 Å². The maximum Gasteiger partial charge on any atom is 0.222 e. The fourth-order valence-corrected chi connectivity index (χ4v) is 5.13. The van der Waals surface area contributed by atoms with Gasteiger partial charge >= 0.3 is 0 Å². The largest absolute Gasteiger partial charge is 0.549 e. The molecule has 224 valence electrons. The molecule has 0 atom stereocenters. The van der Waals surface area contributed by atoms with Crippen molar-refractivity contribution >= 4 is 29.8 Å². The minimum Gasteiger partial charge on any atom is -0.549 e. The molecule has 0 N–H and O–H groups in total. The van der Waals surface area contributed by atoms with Gasteiger partial charge in [0.1, 0.15) is 0 Å². The highest BCUT2D eigenvalue weighted by Crippen LogP contribution is 2.28. The van der Waals surface area contributed by atoms with Crippen LogP contribution >= 0.6 is 0 Å². The monoisotopic (exact) mass is 554 g/mol. The molecule has 13 nitrogen and oxygen atoms in total. The van der Waals surface area contributed by atoms with Crippen molar-refractivity contribution in [3.05, 3.63) is 0 Å².